The third kappa shape index (κ3) is 3.93. The molecule has 0 fully saturated rings. The van der Waals surface area contributed by atoms with Gasteiger partial charge in [0.2, 0.25) is 5.91 Å². The van der Waals surface area contributed by atoms with E-state index >= 15 is 0 Å². The number of nitrogens with one attached hydrogen (secondary N) is 2. The summed E-state index contributed by atoms with van der Waals surface area (Å²) in [6.45, 7) is 5.39. The maximum Gasteiger partial charge on any atom is 0.251 e. The molecule has 0 spiro atoms. The highest BCUT2D eigenvalue weighted by molar-refractivity contribution is 5.99. The predicted molar refractivity (Wildman–Crippen MR) is 76.0 cm³/mol. The van der Waals surface area contributed by atoms with Crippen LogP contribution in [0.2, 0.25) is 0 Å². The van der Waals surface area contributed by atoms with Crippen LogP contribution in [0, 0.1) is 6.92 Å². The fraction of sp³-hybridized carbons (Fsp3) is 0.286. The molecule has 2 amide bonds. The summed E-state index contributed by atoms with van der Waals surface area (Å²) in [6, 6.07) is 4.47. The van der Waals surface area contributed by atoms with Crippen LogP contribution in [0.25, 0.3) is 0 Å². The summed E-state index contributed by atoms with van der Waals surface area (Å²) in [5.74, 6) is -0.497. The summed E-state index contributed by atoms with van der Waals surface area (Å²) in [5.41, 5.74) is 7.63. The van der Waals surface area contributed by atoms with Crippen LogP contribution in [0.3, 0.4) is 0 Å². The van der Waals surface area contributed by atoms with Crippen molar-refractivity contribution < 1.29 is 9.59 Å². The SMILES string of the molecule is C=CCC(N)C(=O)Nc1cc(C(=O)NC)ccc1C. The van der Waals surface area contributed by atoms with E-state index in [1.54, 1.807) is 31.3 Å². The number of benzene rings is 1. The van der Waals surface area contributed by atoms with Crippen molar-refractivity contribution in [3.63, 3.8) is 0 Å². The lowest BCUT2D eigenvalue weighted by atomic mass is 10.1. The molecule has 0 saturated carbocycles. The number of anilines is 1. The van der Waals surface area contributed by atoms with Crippen molar-refractivity contribution in [3.8, 4) is 0 Å². The molecule has 0 bridgehead atoms. The molecular weight excluding hydrogens is 242 g/mol. The second kappa shape index (κ2) is 6.70. The van der Waals surface area contributed by atoms with Gasteiger partial charge in [0.1, 0.15) is 0 Å². The average Bonchev–Trinajstić information content (AvgIpc) is 2.40. The van der Waals surface area contributed by atoms with Gasteiger partial charge >= 0.3 is 0 Å². The third-order valence-corrected chi connectivity index (χ3v) is 2.74. The van der Waals surface area contributed by atoms with Crippen LogP contribution in [-0.2, 0) is 4.79 Å². The summed E-state index contributed by atoms with van der Waals surface area (Å²) in [5, 5.41) is 5.26. The van der Waals surface area contributed by atoms with Crippen molar-refractivity contribution >= 4 is 17.5 Å². The number of rotatable bonds is 5. The second-order valence-electron chi connectivity index (χ2n) is 4.23. The number of aryl methyl sites for hydroxylation is 1. The topological polar surface area (TPSA) is 84.2 Å². The van der Waals surface area contributed by atoms with Crippen LogP contribution >= 0.6 is 0 Å². The van der Waals surface area contributed by atoms with Gasteiger partial charge < -0.3 is 16.4 Å². The van der Waals surface area contributed by atoms with Crippen molar-refractivity contribution in [1.29, 1.82) is 0 Å². The Balaban J connectivity index is 2.91. The van der Waals surface area contributed by atoms with E-state index in [-0.39, 0.29) is 11.8 Å². The van der Waals surface area contributed by atoms with Crippen molar-refractivity contribution in [1.82, 2.24) is 5.32 Å². The Morgan fingerprint density at radius 3 is 2.74 bits per heavy atom. The predicted octanol–water partition coefficient (Wildman–Crippen LogP) is 1.20. The fourth-order valence-corrected chi connectivity index (χ4v) is 1.55. The van der Waals surface area contributed by atoms with E-state index in [0.717, 1.165) is 5.56 Å². The maximum absolute atomic E-state index is 11.8. The zero-order valence-electron chi connectivity index (χ0n) is 11.2. The lowest BCUT2D eigenvalue weighted by molar-refractivity contribution is -0.117. The third-order valence-electron chi connectivity index (χ3n) is 2.74. The summed E-state index contributed by atoms with van der Waals surface area (Å²) >= 11 is 0. The number of hydrogen-bond donors (Lipinski definition) is 3. The van der Waals surface area contributed by atoms with Gasteiger partial charge in [-0.25, -0.2) is 0 Å². The highest BCUT2D eigenvalue weighted by atomic mass is 16.2. The fourth-order valence-electron chi connectivity index (χ4n) is 1.55. The Hall–Kier alpha value is -2.14. The van der Waals surface area contributed by atoms with Crippen molar-refractivity contribution in [3.05, 3.63) is 42.0 Å². The van der Waals surface area contributed by atoms with Gasteiger partial charge in [0, 0.05) is 18.3 Å². The first-order chi connectivity index (χ1) is 8.99. The van der Waals surface area contributed by atoms with Gasteiger partial charge in [-0.3, -0.25) is 9.59 Å². The van der Waals surface area contributed by atoms with Crippen molar-refractivity contribution in [2.24, 2.45) is 5.73 Å². The van der Waals surface area contributed by atoms with Crippen LogP contribution in [0.5, 0.6) is 0 Å². The van der Waals surface area contributed by atoms with E-state index in [1.165, 1.54) is 0 Å². The minimum absolute atomic E-state index is 0.203. The summed E-state index contributed by atoms with van der Waals surface area (Å²) in [7, 11) is 1.56. The molecule has 0 aliphatic rings. The average molecular weight is 261 g/mol. The molecular formula is C14H19N3O2. The number of nitrogens with two attached hydrogens (primary N) is 1. The summed E-state index contributed by atoms with van der Waals surface area (Å²) in [6.07, 6.45) is 2.00. The zero-order chi connectivity index (χ0) is 14.4. The van der Waals surface area contributed by atoms with Gasteiger partial charge in [-0.2, -0.15) is 0 Å². The number of carbonyl (C=O) groups excluding carboxylic acids is 2. The Labute approximate surface area is 112 Å². The molecule has 0 aliphatic carbocycles. The molecule has 102 valence electrons. The molecule has 19 heavy (non-hydrogen) atoms. The van der Waals surface area contributed by atoms with Crippen LogP contribution < -0.4 is 16.4 Å². The van der Waals surface area contributed by atoms with Crippen LogP contribution in [-0.4, -0.2) is 24.9 Å². The van der Waals surface area contributed by atoms with E-state index < -0.39 is 6.04 Å². The molecule has 4 N–H and O–H groups in total. The molecule has 0 saturated heterocycles. The minimum Gasteiger partial charge on any atom is -0.355 e. The first kappa shape index (κ1) is 14.9. The molecule has 5 heteroatoms. The summed E-state index contributed by atoms with van der Waals surface area (Å²) < 4.78 is 0. The van der Waals surface area contributed by atoms with Gasteiger partial charge in [-0.1, -0.05) is 12.1 Å². The van der Waals surface area contributed by atoms with E-state index in [1.807, 2.05) is 6.92 Å². The van der Waals surface area contributed by atoms with E-state index in [4.69, 9.17) is 5.73 Å². The van der Waals surface area contributed by atoms with Gasteiger partial charge in [-0.15, -0.1) is 6.58 Å². The number of carbonyl (C=O) groups is 2. The van der Waals surface area contributed by atoms with Gasteiger partial charge in [0.25, 0.3) is 5.91 Å². The molecule has 0 heterocycles. The standard InChI is InChI=1S/C14H19N3O2/c1-4-5-11(15)14(19)17-12-8-10(13(18)16-3)7-6-9(12)2/h4,6-8,11H,1,5,15H2,2-3H3,(H,16,18)(H,17,19). The first-order valence-corrected chi connectivity index (χ1v) is 5.99. The summed E-state index contributed by atoms with van der Waals surface area (Å²) in [4.78, 5) is 23.4. The largest absolute Gasteiger partial charge is 0.355 e. The van der Waals surface area contributed by atoms with Crippen LogP contribution in [0.1, 0.15) is 22.3 Å². The second-order valence-corrected chi connectivity index (χ2v) is 4.23. The highest BCUT2D eigenvalue weighted by Crippen LogP contribution is 2.17. The molecule has 0 radical (unpaired) electrons. The quantitative estimate of drug-likeness (QED) is 0.696. The number of hydrogen-bond acceptors (Lipinski definition) is 3. The normalized spacial score (nSPS) is 11.5. The van der Waals surface area contributed by atoms with Gasteiger partial charge in [0.05, 0.1) is 6.04 Å². The van der Waals surface area contributed by atoms with E-state index in [9.17, 15) is 9.59 Å². The molecule has 0 aliphatic heterocycles. The van der Waals surface area contributed by atoms with E-state index in [0.29, 0.717) is 17.7 Å². The highest BCUT2D eigenvalue weighted by Gasteiger charge is 2.14. The monoisotopic (exact) mass is 261 g/mol. The molecule has 1 unspecified atom stereocenters. The minimum atomic E-state index is -0.638. The van der Waals surface area contributed by atoms with Gasteiger partial charge in [-0.05, 0) is 31.0 Å². The molecule has 0 aromatic heterocycles. The van der Waals surface area contributed by atoms with Gasteiger partial charge in [0.15, 0.2) is 0 Å². The Morgan fingerprint density at radius 2 is 2.16 bits per heavy atom. The molecule has 5 nitrogen and oxygen atoms in total. The Kier molecular flexibility index (Phi) is 5.26. The maximum atomic E-state index is 11.8. The van der Waals surface area contributed by atoms with Crippen LogP contribution in [0.15, 0.2) is 30.9 Å². The molecule has 1 aromatic rings. The lowest BCUT2D eigenvalue weighted by Gasteiger charge is -2.13. The Morgan fingerprint density at radius 1 is 1.47 bits per heavy atom. The molecule has 1 atom stereocenters. The molecule has 1 aromatic carbocycles. The van der Waals surface area contributed by atoms with Crippen molar-refractivity contribution in [2.75, 3.05) is 12.4 Å². The zero-order valence-corrected chi connectivity index (χ0v) is 11.2. The van der Waals surface area contributed by atoms with E-state index in [2.05, 4.69) is 17.2 Å². The van der Waals surface area contributed by atoms with Crippen LogP contribution in [0.4, 0.5) is 5.69 Å². The number of amides is 2. The first-order valence-electron chi connectivity index (χ1n) is 5.99. The molecule has 1 rings (SSSR count). The Bertz CT molecular complexity index is 497. The lowest BCUT2D eigenvalue weighted by Crippen LogP contribution is -2.35. The van der Waals surface area contributed by atoms with Crippen molar-refractivity contribution in [2.45, 2.75) is 19.4 Å². The smallest absolute Gasteiger partial charge is 0.251 e.